The number of para-hydroxylation sites is 1. The van der Waals surface area contributed by atoms with Gasteiger partial charge in [0.05, 0.1) is 6.21 Å². The summed E-state index contributed by atoms with van der Waals surface area (Å²) in [6.45, 7) is 0.449. The first kappa shape index (κ1) is 15.3. The highest BCUT2D eigenvalue weighted by atomic mass is 35.5. The lowest BCUT2D eigenvalue weighted by Crippen LogP contribution is -2.24. The number of benzene rings is 2. The van der Waals surface area contributed by atoms with Gasteiger partial charge < -0.3 is 10.5 Å². The van der Waals surface area contributed by atoms with Crippen molar-refractivity contribution in [3.8, 4) is 5.75 Å². The third-order valence-corrected chi connectivity index (χ3v) is 2.95. The number of nitrogens with zero attached hydrogens (tertiary/aromatic N) is 1. The van der Waals surface area contributed by atoms with Crippen LogP contribution in [0.15, 0.2) is 53.6 Å². The topological polar surface area (TPSA) is 59.6 Å². The Bertz CT molecular complexity index is 644. The van der Waals surface area contributed by atoms with Crippen LogP contribution < -0.4 is 15.9 Å². The summed E-state index contributed by atoms with van der Waals surface area (Å²) < 4.78 is 5.79. The number of nitrogens with two attached hydrogens (primary N) is 1. The highest BCUT2D eigenvalue weighted by Crippen LogP contribution is 2.18. The van der Waals surface area contributed by atoms with Crippen molar-refractivity contribution >= 4 is 35.1 Å². The summed E-state index contributed by atoms with van der Waals surface area (Å²) in [7, 11) is 0. The van der Waals surface area contributed by atoms with Crippen LogP contribution in [-0.4, -0.2) is 11.3 Å². The predicted molar refractivity (Wildman–Crippen MR) is 89.7 cm³/mol. The minimum atomic E-state index is 0.116. The van der Waals surface area contributed by atoms with Crippen molar-refractivity contribution in [2.75, 3.05) is 0 Å². The molecule has 0 aliphatic rings. The molecule has 2 aromatic rings. The fraction of sp³-hybridized carbons (Fsp3) is 0.0667. The van der Waals surface area contributed by atoms with Crippen molar-refractivity contribution in [3.63, 3.8) is 0 Å². The second kappa shape index (κ2) is 7.61. The number of nitrogens with one attached hydrogen (secondary N) is 1. The molecule has 0 aliphatic carbocycles. The largest absolute Gasteiger partial charge is 0.488 e. The molecular formula is C15H14ClN3OS. The van der Waals surface area contributed by atoms with Gasteiger partial charge in [0.25, 0.3) is 0 Å². The Morgan fingerprint density at radius 2 is 1.95 bits per heavy atom. The van der Waals surface area contributed by atoms with E-state index in [4.69, 9.17) is 22.1 Å². The molecule has 0 aromatic heterocycles. The minimum absolute atomic E-state index is 0.116. The number of ether oxygens (including phenoxy) is 1. The van der Waals surface area contributed by atoms with Crippen LogP contribution >= 0.6 is 23.8 Å². The number of halogens is 1. The first-order valence-electron chi connectivity index (χ1n) is 6.20. The molecule has 3 N–H and O–H groups in total. The summed E-state index contributed by atoms with van der Waals surface area (Å²) in [5.74, 6) is 0.723. The number of hydrazone groups is 1. The highest BCUT2D eigenvalue weighted by Gasteiger charge is 2.01. The lowest BCUT2D eigenvalue weighted by molar-refractivity contribution is 0.306. The molecule has 0 unspecified atom stereocenters. The molecule has 0 spiro atoms. The smallest absolute Gasteiger partial charge is 0.184 e. The van der Waals surface area contributed by atoms with E-state index >= 15 is 0 Å². The monoisotopic (exact) mass is 319 g/mol. The van der Waals surface area contributed by atoms with E-state index in [1.807, 2.05) is 48.5 Å². The molecule has 0 bridgehead atoms. The van der Waals surface area contributed by atoms with E-state index in [2.05, 4.69) is 22.7 Å². The van der Waals surface area contributed by atoms with Crippen molar-refractivity contribution in [2.45, 2.75) is 6.61 Å². The molecule has 0 saturated heterocycles. The SMILES string of the molecule is NC(=S)NN=Cc1ccccc1OCc1ccc(Cl)cc1. The summed E-state index contributed by atoms with van der Waals surface area (Å²) in [5, 5.41) is 4.75. The van der Waals surface area contributed by atoms with Crippen molar-refractivity contribution in [2.24, 2.45) is 10.8 Å². The highest BCUT2D eigenvalue weighted by molar-refractivity contribution is 7.80. The molecule has 0 fully saturated rings. The van der Waals surface area contributed by atoms with Gasteiger partial charge in [0.2, 0.25) is 0 Å². The zero-order valence-electron chi connectivity index (χ0n) is 11.1. The molecule has 6 heteroatoms. The van der Waals surface area contributed by atoms with Gasteiger partial charge in [-0.25, -0.2) is 0 Å². The molecule has 0 saturated carbocycles. The summed E-state index contributed by atoms with van der Waals surface area (Å²) in [6.07, 6.45) is 1.61. The Balaban J connectivity index is 2.04. The maximum absolute atomic E-state index is 5.85. The Morgan fingerprint density at radius 3 is 2.67 bits per heavy atom. The van der Waals surface area contributed by atoms with Gasteiger partial charge in [-0.2, -0.15) is 5.10 Å². The van der Waals surface area contributed by atoms with E-state index in [1.165, 1.54) is 0 Å². The van der Waals surface area contributed by atoms with Crippen LogP contribution in [0.5, 0.6) is 5.75 Å². The summed E-state index contributed by atoms with van der Waals surface area (Å²) in [5.41, 5.74) is 9.68. The molecule has 2 rings (SSSR count). The van der Waals surface area contributed by atoms with Gasteiger partial charge in [0.15, 0.2) is 5.11 Å². The zero-order valence-corrected chi connectivity index (χ0v) is 12.7. The molecule has 21 heavy (non-hydrogen) atoms. The second-order valence-corrected chi connectivity index (χ2v) is 5.06. The van der Waals surface area contributed by atoms with Crippen LogP contribution in [-0.2, 0) is 6.61 Å². The van der Waals surface area contributed by atoms with Gasteiger partial charge in [-0.15, -0.1) is 0 Å². The number of rotatable bonds is 5. The molecule has 2 aromatic carbocycles. The van der Waals surface area contributed by atoms with Gasteiger partial charge in [-0.1, -0.05) is 35.9 Å². The number of hydrogen-bond donors (Lipinski definition) is 2. The average Bonchev–Trinajstić information content (AvgIpc) is 2.47. The second-order valence-electron chi connectivity index (χ2n) is 4.19. The fourth-order valence-electron chi connectivity index (χ4n) is 1.63. The molecule has 4 nitrogen and oxygen atoms in total. The molecule has 108 valence electrons. The fourth-order valence-corrected chi connectivity index (χ4v) is 1.80. The number of thiocarbonyl (C=S) groups is 1. The molecule has 0 atom stereocenters. The molecule has 0 amide bonds. The maximum atomic E-state index is 5.85. The van der Waals surface area contributed by atoms with E-state index in [9.17, 15) is 0 Å². The predicted octanol–water partition coefficient (Wildman–Crippen LogP) is 3.09. The number of hydrogen-bond acceptors (Lipinski definition) is 3. The van der Waals surface area contributed by atoms with Crippen LogP contribution in [0.25, 0.3) is 0 Å². The Hall–Kier alpha value is -2.11. The average molecular weight is 320 g/mol. The Kier molecular flexibility index (Phi) is 5.54. The molecular weight excluding hydrogens is 306 g/mol. The zero-order chi connectivity index (χ0) is 15.1. The van der Waals surface area contributed by atoms with Crippen LogP contribution in [0.4, 0.5) is 0 Å². The summed E-state index contributed by atoms with van der Waals surface area (Å²) >= 11 is 10.5. The molecule has 0 heterocycles. The van der Waals surface area contributed by atoms with Crippen LogP contribution in [0, 0.1) is 0 Å². The van der Waals surface area contributed by atoms with E-state index < -0.39 is 0 Å². The van der Waals surface area contributed by atoms with Crippen molar-refractivity contribution in [1.82, 2.24) is 5.43 Å². The third-order valence-electron chi connectivity index (χ3n) is 2.60. The van der Waals surface area contributed by atoms with Gasteiger partial charge >= 0.3 is 0 Å². The minimum Gasteiger partial charge on any atom is -0.488 e. The summed E-state index contributed by atoms with van der Waals surface area (Å²) in [4.78, 5) is 0. The normalized spacial score (nSPS) is 10.5. The van der Waals surface area contributed by atoms with E-state index in [1.54, 1.807) is 6.21 Å². The third kappa shape index (κ3) is 5.06. The van der Waals surface area contributed by atoms with Gasteiger partial charge in [0, 0.05) is 10.6 Å². The van der Waals surface area contributed by atoms with Gasteiger partial charge in [0.1, 0.15) is 12.4 Å². The van der Waals surface area contributed by atoms with E-state index in [-0.39, 0.29) is 5.11 Å². The van der Waals surface area contributed by atoms with Crippen molar-refractivity contribution < 1.29 is 4.74 Å². The van der Waals surface area contributed by atoms with E-state index in [0.29, 0.717) is 11.6 Å². The molecule has 0 radical (unpaired) electrons. The standard InChI is InChI=1S/C15H14ClN3OS/c16-13-7-5-11(6-8-13)10-20-14-4-2-1-3-12(14)9-18-19-15(17)21/h1-9H,10H2,(H3,17,19,21). The van der Waals surface area contributed by atoms with Gasteiger partial charge in [-0.3, -0.25) is 5.43 Å². The summed E-state index contributed by atoms with van der Waals surface area (Å²) in [6, 6.07) is 15.1. The van der Waals surface area contributed by atoms with Gasteiger partial charge in [-0.05, 0) is 42.0 Å². The van der Waals surface area contributed by atoms with Crippen LogP contribution in [0.3, 0.4) is 0 Å². The Morgan fingerprint density at radius 1 is 1.24 bits per heavy atom. The van der Waals surface area contributed by atoms with Crippen molar-refractivity contribution in [3.05, 3.63) is 64.7 Å². The first-order valence-corrected chi connectivity index (χ1v) is 6.98. The van der Waals surface area contributed by atoms with Crippen molar-refractivity contribution in [1.29, 1.82) is 0 Å². The quantitative estimate of drug-likeness (QED) is 0.505. The van der Waals surface area contributed by atoms with Crippen LogP contribution in [0.2, 0.25) is 5.02 Å². The lowest BCUT2D eigenvalue weighted by Gasteiger charge is -2.09. The maximum Gasteiger partial charge on any atom is 0.184 e. The first-order chi connectivity index (χ1) is 10.1. The van der Waals surface area contributed by atoms with E-state index in [0.717, 1.165) is 16.9 Å². The Labute approximate surface area is 133 Å². The van der Waals surface area contributed by atoms with Crippen LogP contribution in [0.1, 0.15) is 11.1 Å². The molecule has 0 aliphatic heterocycles. The lowest BCUT2D eigenvalue weighted by atomic mass is 10.2.